The minimum atomic E-state index is 0.761. The normalized spacial score (nSPS) is 10.7. The van der Waals surface area contributed by atoms with Crippen LogP contribution in [0.3, 0.4) is 0 Å². The van der Waals surface area contributed by atoms with E-state index in [0.29, 0.717) is 0 Å². The Morgan fingerprint density at radius 1 is 0.323 bits per heavy atom. The van der Waals surface area contributed by atoms with E-state index in [0.717, 1.165) is 27.3 Å². The lowest BCUT2D eigenvalue weighted by molar-refractivity contribution is 1.57. The fraction of sp³-hybridized carbons (Fsp3) is 0. The Hall–Kier alpha value is -3.61. The molecule has 0 aliphatic rings. The standard InChI is InChI=1S/C30H21Cl/c31-30-21-28(26-13-11-24(12-14-26)22-7-3-1-4-8-22)19-20-29(30)27-17-15-25(16-18-27)23-9-5-2-6-10-23/h1-21H. The van der Waals surface area contributed by atoms with Gasteiger partial charge in [-0.15, -0.1) is 0 Å². The summed E-state index contributed by atoms with van der Waals surface area (Å²) in [6.45, 7) is 0. The van der Waals surface area contributed by atoms with E-state index in [1.165, 1.54) is 22.3 Å². The predicted molar refractivity (Wildman–Crippen MR) is 133 cm³/mol. The van der Waals surface area contributed by atoms with Crippen molar-refractivity contribution in [2.75, 3.05) is 0 Å². The van der Waals surface area contributed by atoms with Crippen LogP contribution in [-0.4, -0.2) is 0 Å². The Kier molecular flexibility index (Phi) is 5.39. The minimum absolute atomic E-state index is 0.761. The Morgan fingerprint density at radius 2 is 0.677 bits per heavy atom. The van der Waals surface area contributed by atoms with Gasteiger partial charge in [0.05, 0.1) is 0 Å². The highest BCUT2D eigenvalue weighted by atomic mass is 35.5. The number of benzene rings is 5. The highest BCUT2D eigenvalue weighted by Gasteiger charge is 2.07. The van der Waals surface area contributed by atoms with Crippen LogP contribution in [0.25, 0.3) is 44.5 Å². The van der Waals surface area contributed by atoms with Crippen LogP contribution in [0.15, 0.2) is 127 Å². The third-order valence-corrected chi connectivity index (χ3v) is 5.91. The molecular formula is C30H21Cl. The molecule has 0 bridgehead atoms. The zero-order valence-corrected chi connectivity index (χ0v) is 17.8. The molecule has 5 rings (SSSR count). The van der Waals surface area contributed by atoms with E-state index < -0.39 is 0 Å². The molecule has 0 nitrogen and oxygen atoms in total. The molecule has 0 atom stereocenters. The fourth-order valence-corrected chi connectivity index (χ4v) is 4.18. The maximum atomic E-state index is 6.70. The van der Waals surface area contributed by atoms with E-state index in [2.05, 4.69) is 115 Å². The van der Waals surface area contributed by atoms with Crippen LogP contribution in [-0.2, 0) is 0 Å². The molecule has 0 N–H and O–H groups in total. The van der Waals surface area contributed by atoms with Crippen molar-refractivity contribution in [2.24, 2.45) is 0 Å². The average molecular weight is 417 g/mol. The summed E-state index contributed by atoms with van der Waals surface area (Å²) in [7, 11) is 0. The lowest BCUT2D eigenvalue weighted by atomic mass is 9.97. The largest absolute Gasteiger partial charge is 0.0836 e. The van der Waals surface area contributed by atoms with Gasteiger partial charge in [0.25, 0.3) is 0 Å². The average Bonchev–Trinajstić information content (AvgIpc) is 2.85. The van der Waals surface area contributed by atoms with Crippen molar-refractivity contribution in [3.8, 4) is 44.5 Å². The zero-order chi connectivity index (χ0) is 21.0. The van der Waals surface area contributed by atoms with Crippen LogP contribution in [0.5, 0.6) is 0 Å². The van der Waals surface area contributed by atoms with Crippen LogP contribution in [0, 0.1) is 0 Å². The molecule has 5 aromatic carbocycles. The number of rotatable bonds is 4. The van der Waals surface area contributed by atoms with Gasteiger partial charge in [-0.25, -0.2) is 0 Å². The predicted octanol–water partition coefficient (Wildman–Crippen LogP) is 9.01. The molecule has 5 aromatic rings. The first-order chi connectivity index (χ1) is 15.3. The molecule has 0 aromatic heterocycles. The molecule has 0 fully saturated rings. The first-order valence-electron chi connectivity index (χ1n) is 10.4. The van der Waals surface area contributed by atoms with Gasteiger partial charge in [-0.1, -0.05) is 133 Å². The van der Waals surface area contributed by atoms with Gasteiger partial charge < -0.3 is 0 Å². The van der Waals surface area contributed by atoms with E-state index in [9.17, 15) is 0 Å². The van der Waals surface area contributed by atoms with Crippen molar-refractivity contribution < 1.29 is 0 Å². The van der Waals surface area contributed by atoms with Crippen molar-refractivity contribution >= 4 is 11.6 Å². The van der Waals surface area contributed by atoms with E-state index in [1.807, 2.05) is 12.1 Å². The fourth-order valence-electron chi connectivity index (χ4n) is 3.89. The van der Waals surface area contributed by atoms with Crippen molar-refractivity contribution in [3.05, 3.63) is 132 Å². The molecule has 0 saturated heterocycles. The highest BCUT2D eigenvalue weighted by Crippen LogP contribution is 2.34. The molecule has 0 heterocycles. The maximum Gasteiger partial charge on any atom is 0.0490 e. The van der Waals surface area contributed by atoms with Crippen LogP contribution >= 0.6 is 11.6 Å². The van der Waals surface area contributed by atoms with Gasteiger partial charge in [0.2, 0.25) is 0 Å². The molecular weight excluding hydrogens is 396 g/mol. The number of halogens is 1. The second-order valence-corrected chi connectivity index (χ2v) is 7.99. The van der Waals surface area contributed by atoms with Gasteiger partial charge in [0.1, 0.15) is 0 Å². The van der Waals surface area contributed by atoms with Gasteiger partial charge in [-0.3, -0.25) is 0 Å². The molecule has 0 radical (unpaired) electrons. The third kappa shape index (κ3) is 4.17. The molecule has 0 amide bonds. The summed E-state index contributed by atoms with van der Waals surface area (Å²) >= 11 is 6.70. The van der Waals surface area contributed by atoms with Crippen molar-refractivity contribution in [2.45, 2.75) is 0 Å². The smallest absolute Gasteiger partial charge is 0.0490 e. The summed E-state index contributed by atoms with van der Waals surface area (Å²) in [5.41, 5.74) is 9.31. The monoisotopic (exact) mass is 416 g/mol. The van der Waals surface area contributed by atoms with Crippen LogP contribution in [0.2, 0.25) is 5.02 Å². The third-order valence-electron chi connectivity index (χ3n) is 5.60. The zero-order valence-electron chi connectivity index (χ0n) is 17.0. The van der Waals surface area contributed by atoms with Crippen LogP contribution in [0.4, 0.5) is 0 Å². The molecule has 148 valence electrons. The Bertz CT molecular complexity index is 1290. The quantitative estimate of drug-likeness (QED) is 0.274. The summed E-state index contributed by atoms with van der Waals surface area (Å²) in [4.78, 5) is 0. The molecule has 0 spiro atoms. The highest BCUT2D eigenvalue weighted by molar-refractivity contribution is 6.33. The molecule has 0 unspecified atom stereocenters. The SMILES string of the molecule is Clc1cc(-c2ccc(-c3ccccc3)cc2)ccc1-c1ccc(-c2ccccc2)cc1. The van der Waals surface area contributed by atoms with Gasteiger partial charge in [0, 0.05) is 10.6 Å². The Balaban J connectivity index is 1.40. The molecule has 0 aliphatic carbocycles. The van der Waals surface area contributed by atoms with E-state index in [4.69, 9.17) is 11.6 Å². The topological polar surface area (TPSA) is 0 Å². The van der Waals surface area contributed by atoms with Gasteiger partial charge in [0.15, 0.2) is 0 Å². The summed E-state index contributed by atoms with van der Waals surface area (Å²) in [6.07, 6.45) is 0. The lowest BCUT2D eigenvalue weighted by Crippen LogP contribution is -1.84. The summed E-state index contributed by atoms with van der Waals surface area (Å²) in [6, 6.07) is 44.3. The minimum Gasteiger partial charge on any atom is -0.0836 e. The Labute approximate surface area is 188 Å². The van der Waals surface area contributed by atoms with E-state index in [-0.39, 0.29) is 0 Å². The van der Waals surface area contributed by atoms with Crippen molar-refractivity contribution in [1.29, 1.82) is 0 Å². The summed E-state index contributed by atoms with van der Waals surface area (Å²) in [5.74, 6) is 0. The van der Waals surface area contributed by atoms with Crippen LogP contribution < -0.4 is 0 Å². The summed E-state index contributed by atoms with van der Waals surface area (Å²) in [5, 5.41) is 0.761. The molecule has 0 saturated carbocycles. The summed E-state index contributed by atoms with van der Waals surface area (Å²) < 4.78 is 0. The first-order valence-corrected chi connectivity index (χ1v) is 10.8. The second kappa shape index (κ2) is 8.63. The van der Waals surface area contributed by atoms with Crippen molar-refractivity contribution in [3.63, 3.8) is 0 Å². The first kappa shape index (κ1) is 19.4. The van der Waals surface area contributed by atoms with Crippen molar-refractivity contribution in [1.82, 2.24) is 0 Å². The molecule has 31 heavy (non-hydrogen) atoms. The number of hydrogen-bond donors (Lipinski definition) is 0. The molecule has 1 heteroatoms. The number of hydrogen-bond acceptors (Lipinski definition) is 0. The lowest BCUT2D eigenvalue weighted by Gasteiger charge is -2.10. The van der Waals surface area contributed by atoms with Gasteiger partial charge in [-0.2, -0.15) is 0 Å². The second-order valence-electron chi connectivity index (χ2n) is 7.58. The molecule has 0 aliphatic heterocycles. The van der Waals surface area contributed by atoms with E-state index >= 15 is 0 Å². The van der Waals surface area contributed by atoms with Gasteiger partial charge in [-0.05, 0) is 45.0 Å². The maximum absolute atomic E-state index is 6.70. The van der Waals surface area contributed by atoms with E-state index in [1.54, 1.807) is 0 Å². The Morgan fingerprint density at radius 3 is 1.13 bits per heavy atom. The van der Waals surface area contributed by atoms with Gasteiger partial charge >= 0.3 is 0 Å². The van der Waals surface area contributed by atoms with Crippen LogP contribution in [0.1, 0.15) is 0 Å².